The molecule has 1 aromatic carbocycles. The summed E-state index contributed by atoms with van der Waals surface area (Å²) < 4.78 is 0. The first-order chi connectivity index (χ1) is 6.90. The van der Waals surface area contributed by atoms with Gasteiger partial charge in [-0.25, -0.2) is 0 Å². The minimum Gasteiger partial charge on any atom is -0.390 e. The maximum Gasteiger partial charge on any atom is 0.129 e. The largest absolute Gasteiger partial charge is 0.390 e. The zero-order valence-corrected chi connectivity index (χ0v) is 10.2. The third-order valence-corrected chi connectivity index (χ3v) is 1.99. The van der Waals surface area contributed by atoms with Crippen LogP contribution in [0, 0.1) is 6.92 Å². The summed E-state index contributed by atoms with van der Waals surface area (Å²) in [5, 5.41) is 4.14. The average molecular weight is 205 g/mol. The maximum absolute atomic E-state index is 5.39. The predicted molar refractivity (Wildman–Crippen MR) is 64.2 cm³/mol. The molecule has 0 bridgehead atoms. The van der Waals surface area contributed by atoms with E-state index < -0.39 is 0 Å². The quantitative estimate of drug-likeness (QED) is 0.534. The monoisotopic (exact) mass is 205 g/mol. The summed E-state index contributed by atoms with van der Waals surface area (Å²) >= 11 is 0. The summed E-state index contributed by atoms with van der Waals surface area (Å²) in [6.45, 7) is 10.0. The van der Waals surface area contributed by atoms with Crippen LogP contribution in [0.15, 0.2) is 29.4 Å². The van der Waals surface area contributed by atoms with Crippen LogP contribution >= 0.6 is 0 Å². The lowest BCUT2D eigenvalue weighted by Gasteiger charge is -2.16. The molecular formula is C13H19NO. The van der Waals surface area contributed by atoms with E-state index in [2.05, 4.69) is 24.2 Å². The normalized spacial score (nSPS) is 12.7. The van der Waals surface area contributed by atoms with Gasteiger partial charge < -0.3 is 4.84 Å². The lowest BCUT2D eigenvalue weighted by Crippen LogP contribution is -2.16. The van der Waals surface area contributed by atoms with Crippen LogP contribution in [0.25, 0.3) is 0 Å². The van der Waals surface area contributed by atoms with Crippen LogP contribution < -0.4 is 0 Å². The fourth-order valence-electron chi connectivity index (χ4n) is 1.23. The highest BCUT2D eigenvalue weighted by Gasteiger charge is 2.10. The molecule has 0 spiro atoms. The van der Waals surface area contributed by atoms with Crippen molar-refractivity contribution < 1.29 is 4.84 Å². The van der Waals surface area contributed by atoms with Gasteiger partial charge in [-0.05, 0) is 40.2 Å². The molecular weight excluding hydrogens is 186 g/mol. The molecule has 0 saturated heterocycles. The van der Waals surface area contributed by atoms with Crippen LogP contribution in [0.3, 0.4) is 0 Å². The van der Waals surface area contributed by atoms with Crippen molar-refractivity contribution in [3.05, 3.63) is 35.4 Å². The molecule has 2 heteroatoms. The number of nitrogens with zero attached hydrogens (tertiary/aromatic N) is 1. The second-order valence-electron chi connectivity index (χ2n) is 4.70. The molecule has 0 N–H and O–H groups in total. The Balaban J connectivity index is 2.85. The van der Waals surface area contributed by atoms with Crippen molar-refractivity contribution in [3.8, 4) is 0 Å². The minimum atomic E-state index is -0.232. The highest BCUT2D eigenvalue weighted by atomic mass is 16.6. The minimum absolute atomic E-state index is 0.232. The number of benzene rings is 1. The second kappa shape index (κ2) is 4.47. The molecule has 0 atom stereocenters. The van der Waals surface area contributed by atoms with Gasteiger partial charge in [0.2, 0.25) is 0 Å². The Hall–Kier alpha value is -1.31. The average Bonchev–Trinajstić information content (AvgIpc) is 2.14. The summed E-state index contributed by atoms with van der Waals surface area (Å²) in [4.78, 5) is 5.39. The Kier molecular flexibility index (Phi) is 3.51. The first kappa shape index (κ1) is 11.8. The van der Waals surface area contributed by atoms with Gasteiger partial charge in [-0.3, -0.25) is 0 Å². The highest BCUT2D eigenvalue weighted by Crippen LogP contribution is 2.12. The Labute approximate surface area is 91.9 Å². The number of rotatable bonds is 2. The van der Waals surface area contributed by atoms with E-state index in [-0.39, 0.29) is 5.60 Å². The molecule has 1 aromatic rings. The fourth-order valence-corrected chi connectivity index (χ4v) is 1.23. The summed E-state index contributed by atoms with van der Waals surface area (Å²) in [6.07, 6.45) is 0. The molecule has 0 amide bonds. The molecule has 0 saturated carbocycles. The summed E-state index contributed by atoms with van der Waals surface area (Å²) in [5.41, 5.74) is 3.05. The first-order valence-corrected chi connectivity index (χ1v) is 5.19. The van der Waals surface area contributed by atoms with Gasteiger partial charge in [0.25, 0.3) is 0 Å². The topological polar surface area (TPSA) is 21.6 Å². The van der Waals surface area contributed by atoms with Crippen molar-refractivity contribution in [2.75, 3.05) is 0 Å². The van der Waals surface area contributed by atoms with E-state index in [0.717, 1.165) is 11.3 Å². The van der Waals surface area contributed by atoms with Crippen LogP contribution in [0.4, 0.5) is 0 Å². The smallest absolute Gasteiger partial charge is 0.129 e. The number of aryl methyl sites for hydroxylation is 1. The molecule has 0 aromatic heterocycles. The van der Waals surface area contributed by atoms with Crippen LogP contribution in [-0.4, -0.2) is 11.3 Å². The van der Waals surface area contributed by atoms with E-state index in [1.807, 2.05) is 39.8 Å². The van der Waals surface area contributed by atoms with Gasteiger partial charge in [-0.1, -0.05) is 29.4 Å². The summed E-state index contributed by atoms with van der Waals surface area (Å²) in [5.74, 6) is 0. The zero-order chi connectivity index (χ0) is 11.5. The van der Waals surface area contributed by atoms with Gasteiger partial charge in [-0.2, -0.15) is 0 Å². The Morgan fingerprint density at radius 3 is 2.33 bits per heavy atom. The molecule has 0 unspecified atom stereocenters. The van der Waals surface area contributed by atoms with Crippen LogP contribution in [0.1, 0.15) is 38.8 Å². The third kappa shape index (κ3) is 3.74. The van der Waals surface area contributed by atoms with Crippen molar-refractivity contribution in [3.63, 3.8) is 0 Å². The van der Waals surface area contributed by atoms with Crippen molar-refractivity contribution in [2.24, 2.45) is 5.16 Å². The van der Waals surface area contributed by atoms with Gasteiger partial charge in [0.05, 0.1) is 5.71 Å². The summed E-state index contributed by atoms with van der Waals surface area (Å²) in [6, 6.07) is 8.17. The second-order valence-corrected chi connectivity index (χ2v) is 4.70. The molecule has 0 aliphatic carbocycles. The standard InChI is InChI=1S/C13H19NO/c1-10-8-6-7-9-12(10)11(2)14-15-13(3,4)5/h6-9H,1-5H3/b14-11+. The van der Waals surface area contributed by atoms with E-state index >= 15 is 0 Å². The maximum atomic E-state index is 5.39. The van der Waals surface area contributed by atoms with Crippen LogP contribution in [-0.2, 0) is 4.84 Å². The number of hydrogen-bond donors (Lipinski definition) is 0. The van der Waals surface area contributed by atoms with Gasteiger partial charge in [0.15, 0.2) is 0 Å². The van der Waals surface area contributed by atoms with Gasteiger partial charge in [0, 0.05) is 5.56 Å². The van der Waals surface area contributed by atoms with E-state index in [1.54, 1.807) is 0 Å². The highest BCUT2D eigenvalue weighted by molar-refractivity contribution is 5.99. The third-order valence-electron chi connectivity index (χ3n) is 1.99. The van der Waals surface area contributed by atoms with Gasteiger partial charge in [0.1, 0.15) is 5.60 Å². The molecule has 0 aliphatic rings. The molecule has 2 nitrogen and oxygen atoms in total. The predicted octanol–water partition coefficient (Wildman–Crippen LogP) is 3.53. The molecule has 82 valence electrons. The van der Waals surface area contributed by atoms with Crippen molar-refractivity contribution in [2.45, 2.75) is 40.2 Å². The Bertz CT molecular complexity index is 361. The first-order valence-electron chi connectivity index (χ1n) is 5.19. The van der Waals surface area contributed by atoms with Crippen molar-refractivity contribution in [1.29, 1.82) is 0 Å². The van der Waals surface area contributed by atoms with Crippen molar-refractivity contribution >= 4 is 5.71 Å². The van der Waals surface area contributed by atoms with Gasteiger partial charge in [-0.15, -0.1) is 0 Å². The van der Waals surface area contributed by atoms with E-state index in [4.69, 9.17) is 4.84 Å². The number of hydrogen-bond acceptors (Lipinski definition) is 2. The lowest BCUT2D eigenvalue weighted by atomic mass is 10.1. The zero-order valence-electron chi connectivity index (χ0n) is 10.2. The molecule has 0 heterocycles. The molecule has 0 radical (unpaired) electrons. The number of oxime groups is 1. The fraction of sp³-hybridized carbons (Fsp3) is 0.462. The van der Waals surface area contributed by atoms with Crippen LogP contribution in [0.2, 0.25) is 0 Å². The Morgan fingerprint density at radius 1 is 1.20 bits per heavy atom. The Morgan fingerprint density at radius 2 is 1.80 bits per heavy atom. The molecule has 0 aliphatic heterocycles. The molecule has 1 rings (SSSR count). The van der Waals surface area contributed by atoms with Gasteiger partial charge >= 0.3 is 0 Å². The van der Waals surface area contributed by atoms with Crippen molar-refractivity contribution in [1.82, 2.24) is 0 Å². The summed E-state index contributed by atoms with van der Waals surface area (Å²) in [7, 11) is 0. The molecule has 15 heavy (non-hydrogen) atoms. The SMILES string of the molecule is C/C(=N\OC(C)(C)C)c1ccccc1C. The van der Waals surface area contributed by atoms with E-state index in [1.165, 1.54) is 5.56 Å². The van der Waals surface area contributed by atoms with E-state index in [9.17, 15) is 0 Å². The van der Waals surface area contributed by atoms with Crippen LogP contribution in [0.5, 0.6) is 0 Å². The lowest BCUT2D eigenvalue weighted by molar-refractivity contribution is 0.000949. The van der Waals surface area contributed by atoms with E-state index in [0.29, 0.717) is 0 Å². The molecule has 0 fully saturated rings.